The number of hydrogen-bond donors (Lipinski definition) is 2. The van der Waals surface area contributed by atoms with E-state index in [2.05, 4.69) is 34.7 Å². The van der Waals surface area contributed by atoms with E-state index >= 15 is 0 Å². The molecule has 1 aromatic carbocycles. The third kappa shape index (κ3) is 3.70. The Balaban J connectivity index is 1.46. The van der Waals surface area contributed by atoms with Crippen molar-refractivity contribution < 1.29 is 18.5 Å². The van der Waals surface area contributed by atoms with Gasteiger partial charge in [-0.1, -0.05) is 19.9 Å². The molecule has 1 aromatic heterocycles. The van der Waals surface area contributed by atoms with E-state index in [9.17, 15) is 9.00 Å². The molecule has 1 unspecified atom stereocenters. The molecule has 172 valence electrons. The first-order valence-electron chi connectivity index (χ1n) is 10.9. The van der Waals surface area contributed by atoms with Crippen molar-refractivity contribution >= 4 is 21.6 Å². The van der Waals surface area contributed by atoms with Crippen molar-refractivity contribution in [3.05, 3.63) is 34.5 Å². The fraction of sp³-hybridized carbons (Fsp3) is 0.545. The minimum absolute atomic E-state index is 0.0965. The Kier molecular flexibility index (Phi) is 5.06. The van der Waals surface area contributed by atoms with Crippen LogP contribution in [0.5, 0.6) is 5.88 Å². The van der Waals surface area contributed by atoms with E-state index in [4.69, 9.17) is 14.6 Å². The lowest BCUT2D eigenvalue weighted by molar-refractivity contribution is 0.0972. The van der Waals surface area contributed by atoms with Gasteiger partial charge in [0, 0.05) is 24.6 Å². The number of rotatable bonds is 3. The molecule has 0 bridgehead atoms. The van der Waals surface area contributed by atoms with Crippen LogP contribution in [-0.2, 0) is 46.9 Å². The Morgan fingerprint density at radius 2 is 2.16 bits per heavy atom. The van der Waals surface area contributed by atoms with E-state index in [1.807, 2.05) is 0 Å². The summed E-state index contributed by atoms with van der Waals surface area (Å²) in [6.45, 7) is 5.16. The van der Waals surface area contributed by atoms with Gasteiger partial charge in [-0.05, 0) is 47.9 Å². The molecule has 2 atom stereocenters. The number of carbonyl (C=O) groups excluding carboxylic acids is 1. The standard InChI is InChI=1S/C22H29N5O4S/c1-22(2)11-27-20(31-12-22)18(10-24-27)32(23,29)26-21(28)25-19-16-6-4-5-13(16)7-14-8-15(30-3)9-17(14)19/h7,10,15H,4-6,8-9,11-12H2,1-3H3,(H3,23,25,26,28,29)/t15-,32?/m1/s1. The fourth-order valence-electron chi connectivity index (χ4n) is 4.96. The Morgan fingerprint density at radius 1 is 1.34 bits per heavy atom. The molecule has 0 saturated heterocycles. The Morgan fingerprint density at radius 3 is 2.94 bits per heavy atom. The topological polar surface area (TPSA) is 121 Å². The van der Waals surface area contributed by atoms with Crippen molar-refractivity contribution in [1.82, 2.24) is 9.78 Å². The third-order valence-corrected chi connectivity index (χ3v) is 7.86. The first kappa shape index (κ1) is 21.4. The van der Waals surface area contributed by atoms with Crippen molar-refractivity contribution in [2.24, 2.45) is 14.9 Å². The van der Waals surface area contributed by atoms with Crippen LogP contribution >= 0.6 is 0 Å². The normalized spacial score (nSPS) is 22.3. The number of aromatic nitrogens is 2. The predicted molar refractivity (Wildman–Crippen MR) is 120 cm³/mol. The molecule has 32 heavy (non-hydrogen) atoms. The van der Waals surface area contributed by atoms with Crippen LogP contribution in [0.4, 0.5) is 10.5 Å². The Hall–Kier alpha value is -2.43. The Labute approximate surface area is 188 Å². The van der Waals surface area contributed by atoms with E-state index in [0.29, 0.717) is 19.0 Å². The van der Waals surface area contributed by atoms with Gasteiger partial charge in [-0.3, -0.25) is 0 Å². The summed E-state index contributed by atoms with van der Waals surface area (Å²) in [4.78, 5) is 13.1. The molecule has 1 aliphatic heterocycles. The molecule has 2 aliphatic carbocycles. The van der Waals surface area contributed by atoms with Crippen molar-refractivity contribution in [2.75, 3.05) is 19.0 Å². The second-order valence-corrected chi connectivity index (χ2v) is 11.4. The number of amides is 2. The molecule has 10 heteroatoms. The highest BCUT2D eigenvalue weighted by atomic mass is 32.2. The van der Waals surface area contributed by atoms with Gasteiger partial charge in [0.05, 0.1) is 25.5 Å². The molecule has 0 fully saturated rings. The maximum absolute atomic E-state index is 13.2. The molecule has 3 N–H and O–H groups in total. The number of aryl methyl sites for hydroxylation is 1. The summed E-state index contributed by atoms with van der Waals surface area (Å²) in [5.74, 6) is 0.317. The van der Waals surface area contributed by atoms with E-state index in [-0.39, 0.29) is 16.4 Å². The zero-order chi connectivity index (χ0) is 22.7. The van der Waals surface area contributed by atoms with E-state index in [1.54, 1.807) is 11.8 Å². The molecule has 3 aliphatic rings. The smallest absolute Gasteiger partial charge is 0.354 e. The maximum atomic E-state index is 13.2. The second-order valence-electron chi connectivity index (χ2n) is 9.66. The molecule has 0 spiro atoms. The molecular formula is C22H29N5O4S. The number of methoxy groups -OCH3 is 1. The molecule has 0 radical (unpaired) electrons. The number of ether oxygens (including phenoxy) is 2. The number of nitrogens with two attached hydrogens (primary N) is 1. The van der Waals surface area contributed by atoms with Crippen LogP contribution in [0.2, 0.25) is 0 Å². The number of carbonyl (C=O) groups is 1. The lowest BCUT2D eigenvalue weighted by Crippen LogP contribution is -2.33. The third-order valence-electron chi connectivity index (χ3n) is 6.52. The van der Waals surface area contributed by atoms with Gasteiger partial charge in [0.1, 0.15) is 4.90 Å². The minimum atomic E-state index is -3.53. The minimum Gasteiger partial charge on any atom is -0.476 e. The molecule has 2 aromatic rings. The summed E-state index contributed by atoms with van der Waals surface area (Å²) >= 11 is 0. The van der Waals surface area contributed by atoms with Gasteiger partial charge in [-0.2, -0.15) is 5.10 Å². The molecule has 5 rings (SSSR count). The van der Waals surface area contributed by atoms with Gasteiger partial charge in [-0.25, -0.2) is 18.8 Å². The average molecular weight is 460 g/mol. The van der Waals surface area contributed by atoms with E-state index in [1.165, 1.54) is 17.3 Å². The summed E-state index contributed by atoms with van der Waals surface area (Å²) in [7, 11) is -1.82. The van der Waals surface area contributed by atoms with Crippen LogP contribution in [0.15, 0.2) is 21.5 Å². The summed E-state index contributed by atoms with van der Waals surface area (Å²) in [5.41, 5.74) is 5.36. The van der Waals surface area contributed by atoms with Crippen molar-refractivity contribution in [3.63, 3.8) is 0 Å². The Bertz CT molecular complexity index is 1230. The summed E-state index contributed by atoms with van der Waals surface area (Å²) in [6.07, 6.45) is 5.97. The predicted octanol–water partition coefficient (Wildman–Crippen LogP) is 2.84. The number of fused-ring (bicyclic) bond motifs is 3. The zero-order valence-corrected chi connectivity index (χ0v) is 19.5. The first-order valence-corrected chi connectivity index (χ1v) is 12.5. The molecule has 0 saturated carbocycles. The van der Waals surface area contributed by atoms with E-state index in [0.717, 1.165) is 48.9 Å². The van der Waals surface area contributed by atoms with E-state index < -0.39 is 15.9 Å². The van der Waals surface area contributed by atoms with Crippen molar-refractivity contribution in [1.29, 1.82) is 0 Å². The van der Waals surface area contributed by atoms with Crippen LogP contribution in [0.25, 0.3) is 0 Å². The van der Waals surface area contributed by atoms with Crippen LogP contribution in [0.3, 0.4) is 0 Å². The summed E-state index contributed by atoms with van der Waals surface area (Å²) < 4.78 is 30.1. The van der Waals surface area contributed by atoms with Crippen LogP contribution < -0.4 is 15.2 Å². The maximum Gasteiger partial charge on any atom is 0.354 e. The van der Waals surface area contributed by atoms with Crippen LogP contribution in [0, 0.1) is 5.41 Å². The number of nitrogens with one attached hydrogen (secondary N) is 1. The van der Waals surface area contributed by atoms with Gasteiger partial charge >= 0.3 is 6.03 Å². The second kappa shape index (κ2) is 7.57. The van der Waals surface area contributed by atoms with Crippen LogP contribution in [-0.4, -0.2) is 39.8 Å². The average Bonchev–Trinajstić information content (AvgIpc) is 3.43. The lowest BCUT2D eigenvalue weighted by atomic mass is 9.94. The van der Waals surface area contributed by atoms with Gasteiger partial charge in [0.2, 0.25) is 5.88 Å². The number of anilines is 1. The van der Waals surface area contributed by atoms with Gasteiger partial charge in [0.15, 0.2) is 9.92 Å². The molecular weight excluding hydrogens is 430 g/mol. The summed E-state index contributed by atoms with van der Waals surface area (Å²) in [6, 6.07) is 1.52. The molecule has 2 amide bonds. The van der Waals surface area contributed by atoms with Gasteiger partial charge < -0.3 is 14.8 Å². The highest BCUT2D eigenvalue weighted by Crippen LogP contribution is 2.39. The number of nitrogens with zero attached hydrogens (tertiary/aromatic N) is 3. The lowest BCUT2D eigenvalue weighted by Gasteiger charge is -2.30. The quantitative estimate of drug-likeness (QED) is 0.731. The summed E-state index contributed by atoms with van der Waals surface area (Å²) in [5, 5.41) is 13.2. The first-order chi connectivity index (χ1) is 15.2. The highest BCUT2D eigenvalue weighted by Gasteiger charge is 2.33. The van der Waals surface area contributed by atoms with Gasteiger partial charge in [0.25, 0.3) is 0 Å². The number of hydrogen-bond acceptors (Lipinski definition) is 5. The van der Waals surface area contributed by atoms with Crippen molar-refractivity contribution in [3.8, 4) is 5.88 Å². The number of urea groups is 1. The zero-order valence-electron chi connectivity index (χ0n) is 18.6. The molecule has 9 nitrogen and oxygen atoms in total. The fourth-order valence-corrected chi connectivity index (χ4v) is 5.97. The number of benzene rings is 1. The van der Waals surface area contributed by atoms with Crippen molar-refractivity contribution in [2.45, 2.75) is 63.5 Å². The molecule has 2 heterocycles. The van der Waals surface area contributed by atoms with Crippen LogP contribution in [0.1, 0.15) is 42.5 Å². The monoisotopic (exact) mass is 459 g/mol. The largest absolute Gasteiger partial charge is 0.476 e. The SMILES string of the molecule is CO[C@@H]1Cc2cc3c(c(NC(=O)N=S(N)(=O)c4cnn5c4OCC(C)(C)C5)c2C1)CCC3. The highest BCUT2D eigenvalue weighted by molar-refractivity contribution is 7.91. The van der Waals surface area contributed by atoms with Gasteiger partial charge in [-0.15, -0.1) is 4.36 Å².